The number of benzene rings is 9. The molecule has 0 aromatic heterocycles. The van der Waals surface area contributed by atoms with Crippen LogP contribution in [0, 0.1) is 0 Å². The average Bonchev–Trinajstić information content (AvgIpc) is 3.72. The van der Waals surface area contributed by atoms with Gasteiger partial charge < -0.3 is 0 Å². The zero-order chi connectivity index (χ0) is 36.8. The van der Waals surface area contributed by atoms with Gasteiger partial charge in [0, 0.05) is 0 Å². The molecule has 0 fully saturated rings. The summed E-state index contributed by atoms with van der Waals surface area (Å²) in [5.41, 5.74) is 19.0. The van der Waals surface area contributed by atoms with E-state index in [1.165, 1.54) is 104 Å². The van der Waals surface area contributed by atoms with E-state index < -0.39 is 15.4 Å². The monoisotopic (exact) mass is 824 g/mol. The van der Waals surface area contributed by atoms with E-state index in [0.29, 0.717) is 16.5 Å². The van der Waals surface area contributed by atoms with Crippen molar-refractivity contribution in [3.8, 4) is 66.8 Å². The van der Waals surface area contributed by atoms with Crippen LogP contribution in [0.3, 0.4) is 0 Å². The van der Waals surface area contributed by atoms with E-state index in [1.54, 1.807) is 8.79 Å². The molecule has 0 unspecified atom stereocenters. The van der Waals surface area contributed by atoms with Crippen molar-refractivity contribution in [1.82, 2.24) is 0 Å². The molecule has 2 heteroatoms. The van der Waals surface area contributed by atoms with Crippen molar-refractivity contribution >= 4 is 66.7 Å². The van der Waals surface area contributed by atoms with Crippen molar-refractivity contribution in [3.05, 3.63) is 187 Å². The van der Waals surface area contributed by atoms with Gasteiger partial charge in [-0.25, -0.2) is 0 Å². The molecule has 260 valence electrons. The Bertz CT molecular complexity index is 3060. The van der Waals surface area contributed by atoms with Crippen molar-refractivity contribution in [3.63, 3.8) is 0 Å². The first-order valence-corrected chi connectivity index (χ1v) is 24.6. The summed E-state index contributed by atoms with van der Waals surface area (Å²) in [6, 6.07) is 67.1. The molecule has 55 heavy (non-hydrogen) atoms. The van der Waals surface area contributed by atoms with Gasteiger partial charge in [-0.05, 0) is 0 Å². The fourth-order valence-corrected chi connectivity index (χ4v) is 15.6. The molecule has 0 atom stereocenters. The van der Waals surface area contributed by atoms with Gasteiger partial charge in [0.05, 0.1) is 0 Å². The predicted molar refractivity (Wildman–Crippen MR) is 244 cm³/mol. The van der Waals surface area contributed by atoms with Crippen LogP contribution in [-0.4, -0.2) is 31.9 Å². The van der Waals surface area contributed by atoms with E-state index in [-0.39, 0.29) is 5.41 Å². The third-order valence-corrected chi connectivity index (χ3v) is 18.6. The first-order valence-electron chi connectivity index (χ1n) is 19.6. The molecule has 0 amide bonds. The van der Waals surface area contributed by atoms with Crippen molar-refractivity contribution in [2.75, 3.05) is 0 Å². The Hall–Kier alpha value is -5.41. The minimum absolute atomic E-state index is 0.0845. The molecule has 1 aliphatic carbocycles. The summed E-state index contributed by atoms with van der Waals surface area (Å²) >= 11 is -0.508. The van der Waals surface area contributed by atoms with E-state index in [4.69, 9.17) is 0 Å². The maximum absolute atomic E-state index is 2.54. The van der Waals surface area contributed by atoms with Crippen molar-refractivity contribution < 1.29 is 0 Å². The summed E-state index contributed by atoms with van der Waals surface area (Å²) in [4.78, 5) is 0. The zero-order valence-corrected chi connectivity index (χ0v) is 38.6. The molecule has 0 spiro atoms. The van der Waals surface area contributed by atoms with Gasteiger partial charge in [-0.2, -0.15) is 0 Å². The van der Waals surface area contributed by atoms with Crippen LogP contribution in [0.15, 0.2) is 176 Å². The number of hydrogen-bond acceptors (Lipinski definition) is 0. The van der Waals surface area contributed by atoms with E-state index in [1.807, 2.05) is 0 Å². The summed E-state index contributed by atoms with van der Waals surface area (Å²) in [6.45, 7) is 4.78. The molecule has 9 aromatic carbocycles. The Labute approximate surface area is 337 Å². The summed E-state index contributed by atoms with van der Waals surface area (Å²) < 4.78 is 4.67. The molecule has 0 saturated heterocycles. The Balaban J connectivity index is 1.28. The molecular weight excluding hydrogens is 782 g/mol. The van der Waals surface area contributed by atoms with Crippen LogP contribution in [0.4, 0.5) is 0 Å². The molecule has 0 saturated carbocycles. The van der Waals surface area contributed by atoms with Crippen LogP contribution in [0.1, 0.15) is 25.0 Å². The maximum atomic E-state index is 2.54. The van der Waals surface area contributed by atoms with Crippen LogP contribution in [0.5, 0.6) is 0 Å². The van der Waals surface area contributed by atoms with Gasteiger partial charge in [-0.15, -0.1) is 0 Å². The number of hydrogen-bond donors (Lipinski definition) is 0. The van der Waals surface area contributed by atoms with Crippen molar-refractivity contribution in [1.29, 1.82) is 0 Å². The molecule has 9 aromatic rings. The van der Waals surface area contributed by atoms with E-state index in [2.05, 4.69) is 190 Å². The third kappa shape index (κ3) is 4.91. The summed E-state index contributed by atoms with van der Waals surface area (Å²) in [7, 11) is 0. The standard InChI is InChI=1S/C53H40Ge2/c1-53(2)45-26-8-5-18-40(45)51-42(25-13-27-46(51)53)50-38-22-11-20-34(32-15-3-4-16-33(32)36-17-6-9-28-47(36)54)43(38)31-44-35(21-12-23-39(44)50)37-24-14-30-49-52(37)41-19-7-10-29-48(41)55-49/h3-31H,55H2,1-2,54H3. The Morgan fingerprint density at radius 3 is 1.58 bits per heavy atom. The predicted octanol–water partition coefficient (Wildman–Crippen LogP) is 10.1. The van der Waals surface area contributed by atoms with E-state index in [0.717, 1.165) is 0 Å². The molecule has 11 rings (SSSR count). The van der Waals surface area contributed by atoms with Crippen LogP contribution >= 0.6 is 0 Å². The second-order valence-electron chi connectivity index (χ2n) is 16.0. The summed E-state index contributed by atoms with van der Waals surface area (Å²) in [5, 5.41) is 5.22. The summed E-state index contributed by atoms with van der Waals surface area (Å²) in [6.07, 6.45) is 0. The van der Waals surface area contributed by atoms with Crippen molar-refractivity contribution in [2.24, 2.45) is 0 Å². The average molecular weight is 822 g/mol. The van der Waals surface area contributed by atoms with Gasteiger partial charge in [-0.3, -0.25) is 0 Å². The van der Waals surface area contributed by atoms with E-state index >= 15 is 0 Å². The van der Waals surface area contributed by atoms with Crippen molar-refractivity contribution in [2.45, 2.75) is 19.3 Å². The summed E-state index contributed by atoms with van der Waals surface area (Å²) in [5.74, 6) is 0. The number of rotatable bonds is 4. The topological polar surface area (TPSA) is 0 Å². The molecule has 1 aliphatic heterocycles. The first kappa shape index (κ1) is 33.0. The SMILES string of the molecule is CC1(C)c2ccccc2-c2c(-c3c4cccc(-c5ccccc5-c5cccc[c]5[GeH3])c4cc4c(-c5ccc[c]6c5-c5cccc[c]5[GeH2]6)cccc34)cccc21. The van der Waals surface area contributed by atoms with Crippen LogP contribution in [0.2, 0.25) is 0 Å². The molecular formula is C53H40Ge2. The Morgan fingerprint density at radius 2 is 0.836 bits per heavy atom. The quantitative estimate of drug-likeness (QED) is 0.123. The molecule has 1 heterocycles. The van der Waals surface area contributed by atoms with E-state index in [9.17, 15) is 0 Å². The third-order valence-electron chi connectivity index (χ3n) is 12.7. The van der Waals surface area contributed by atoms with Gasteiger partial charge in [0.25, 0.3) is 0 Å². The van der Waals surface area contributed by atoms with Crippen LogP contribution in [-0.2, 0) is 5.41 Å². The zero-order valence-electron chi connectivity index (χ0n) is 31.5. The van der Waals surface area contributed by atoms with Gasteiger partial charge in [0.1, 0.15) is 0 Å². The van der Waals surface area contributed by atoms with Gasteiger partial charge in [-0.1, -0.05) is 6.07 Å². The molecule has 0 radical (unpaired) electrons. The first-order chi connectivity index (χ1) is 27.0. The number of fused-ring (bicyclic) bond motifs is 8. The van der Waals surface area contributed by atoms with Crippen LogP contribution in [0.25, 0.3) is 88.3 Å². The molecule has 0 N–H and O–H groups in total. The second kappa shape index (κ2) is 12.6. The minimum atomic E-state index is -1.07. The Kier molecular flexibility index (Phi) is 7.53. The van der Waals surface area contributed by atoms with Gasteiger partial charge in [0.2, 0.25) is 0 Å². The second-order valence-corrected chi connectivity index (χ2v) is 22.2. The Morgan fingerprint density at radius 1 is 0.345 bits per heavy atom. The molecule has 0 nitrogen and oxygen atoms in total. The molecule has 2 aliphatic rings. The normalized spacial score (nSPS) is 13.9. The fourth-order valence-electron chi connectivity index (χ4n) is 10.1. The van der Waals surface area contributed by atoms with Crippen LogP contribution < -0.4 is 13.2 Å². The fraction of sp³-hybridized carbons (Fsp3) is 0.0566. The van der Waals surface area contributed by atoms with Gasteiger partial charge in [0.15, 0.2) is 0 Å². The molecule has 0 bridgehead atoms. The van der Waals surface area contributed by atoms with Gasteiger partial charge >= 0.3 is 334 Å².